The highest BCUT2D eigenvalue weighted by molar-refractivity contribution is 5.90. The van der Waals surface area contributed by atoms with Crippen LogP contribution in [0.15, 0.2) is 84.0 Å². The predicted octanol–water partition coefficient (Wildman–Crippen LogP) is 4.09. The molecular formula is C26H23N5O4. The number of hydrogen-bond acceptors (Lipinski definition) is 4. The number of fused-ring (bicyclic) bond motifs is 3. The monoisotopic (exact) mass is 469 g/mol. The molecule has 0 saturated heterocycles. The lowest BCUT2D eigenvalue weighted by Gasteiger charge is -2.17. The van der Waals surface area contributed by atoms with Gasteiger partial charge in [0.1, 0.15) is 13.2 Å². The number of alkyl carbamates (subject to hydrolysis) is 1. The van der Waals surface area contributed by atoms with E-state index in [1.54, 1.807) is 24.3 Å². The number of carbonyl (C=O) groups is 3. The van der Waals surface area contributed by atoms with Gasteiger partial charge in [0.15, 0.2) is 0 Å². The van der Waals surface area contributed by atoms with Crippen LogP contribution in [0.25, 0.3) is 21.6 Å². The Labute approximate surface area is 201 Å². The summed E-state index contributed by atoms with van der Waals surface area (Å²) in [6, 6.07) is 23.9. The maximum atomic E-state index is 12.4. The fourth-order valence-electron chi connectivity index (χ4n) is 4.21. The first-order chi connectivity index (χ1) is 17.1. The molecule has 0 heterocycles. The van der Waals surface area contributed by atoms with E-state index >= 15 is 0 Å². The summed E-state index contributed by atoms with van der Waals surface area (Å²) >= 11 is 0. The van der Waals surface area contributed by atoms with E-state index in [0.717, 1.165) is 27.8 Å². The smallest absolute Gasteiger partial charge is 0.407 e. The Balaban J connectivity index is 1.31. The molecule has 3 aromatic rings. The van der Waals surface area contributed by atoms with Crippen LogP contribution in [0, 0.1) is 0 Å². The Hall–Kier alpha value is -4.62. The minimum Gasteiger partial charge on any atom is -0.449 e. The second-order valence-corrected chi connectivity index (χ2v) is 8.02. The van der Waals surface area contributed by atoms with Crippen molar-refractivity contribution < 1.29 is 19.1 Å². The van der Waals surface area contributed by atoms with Gasteiger partial charge in [-0.05, 0) is 44.9 Å². The van der Waals surface area contributed by atoms with Crippen LogP contribution in [-0.4, -0.2) is 37.1 Å². The van der Waals surface area contributed by atoms with Gasteiger partial charge in [0.25, 0.3) is 0 Å². The number of carbonyl (C=O) groups excluding carboxylic acids is 3. The first-order valence-corrected chi connectivity index (χ1v) is 11.1. The average molecular weight is 470 g/mol. The second-order valence-electron chi connectivity index (χ2n) is 8.02. The minimum absolute atomic E-state index is 0.0984. The number of amides is 3. The van der Waals surface area contributed by atoms with E-state index in [9.17, 15) is 14.4 Å². The third kappa shape index (κ3) is 5.66. The van der Waals surface area contributed by atoms with Crippen molar-refractivity contribution in [2.75, 3.05) is 13.2 Å². The molecule has 1 aliphatic carbocycles. The fourth-order valence-corrected chi connectivity index (χ4v) is 4.21. The molecular weight excluding hydrogens is 446 g/mol. The predicted molar refractivity (Wildman–Crippen MR) is 129 cm³/mol. The SMILES string of the molecule is [N-]=[N+]=NC(=O)[C@H](Cc1ccccc1)NC(=O)CNC(=O)OCC1c2ccccc2-c2ccccc21. The molecule has 0 fully saturated rings. The molecule has 3 aromatic carbocycles. The highest BCUT2D eigenvalue weighted by atomic mass is 16.5. The molecule has 0 unspecified atom stereocenters. The lowest BCUT2D eigenvalue weighted by Crippen LogP contribution is -2.46. The first-order valence-electron chi connectivity index (χ1n) is 11.1. The van der Waals surface area contributed by atoms with Gasteiger partial charge < -0.3 is 15.4 Å². The molecule has 0 saturated carbocycles. The van der Waals surface area contributed by atoms with Crippen LogP contribution < -0.4 is 10.6 Å². The summed E-state index contributed by atoms with van der Waals surface area (Å²) in [5.41, 5.74) is 13.8. The van der Waals surface area contributed by atoms with Crippen LogP contribution in [0.3, 0.4) is 0 Å². The molecule has 0 bridgehead atoms. The topological polar surface area (TPSA) is 133 Å². The Kier molecular flexibility index (Phi) is 7.40. The number of hydrogen-bond donors (Lipinski definition) is 2. The highest BCUT2D eigenvalue weighted by Crippen LogP contribution is 2.44. The molecule has 0 radical (unpaired) electrons. The lowest BCUT2D eigenvalue weighted by atomic mass is 9.98. The average Bonchev–Trinajstić information content (AvgIpc) is 3.20. The van der Waals surface area contributed by atoms with Crippen molar-refractivity contribution in [2.45, 2.75) is 18.4 Å². The molecule has 35 heavy (non-hydrogen) atoms. The molecule has 176 valence electrons. The van der Waals surface area contributed by atoms with Gasteiger partial charge >= 0.3 is 6.09 Å². The van der Waals surface area contributed by atoms with Crippen LogP contribution >= 0.6 is 0 Å². The van der Waals surface area contributed by atoms with Crippen LogP contribution in [0.5, 0.6) is 0 Å². The van der Waals surface area contributed by atoms with Crippen molar-refractivity contribution in [3.63, 3.8) is 0 Å². The van der Waals surface area contributed by atoms with Crippen molar-refractivity contribution in [3.05, 3.63) is 106 Å². The van der Waals surface area contributed by atoms with E-state index in [0.29, 0.717) is 0 Å². The third-order valence-electron chi connectivity index (χ3n) is 5.80. The maximum Gasteiger partial charge on any atom is 0.407 e. The van der Waals surface area contributed by atoms with E-state index < -0.39 is 30.5 Å². The van der Waals surface area contributed by atoms with Gasteiger partial charge in [-0.15, -0.1) is 0 Å². The standard InChI is InChI=1S/C26H23N5O4/c27-31-30-25(33)23(14-17-8-2-1-3-9-17)29-24(32)15-28-26(34)35-16-22-20-12-6-4-10-18(20)19-11-5-7-13-21(19)22/h1-13,22-23H,14-16H2,(H,28,34)(H,29,32)/t23-/m0/s1. The van der Waals surface area contributed by atoms with Gasteiger partial charge in [-0.25, -0.2) is 4.79 Å². The quantitative estimate of drug-likeness (QED) is 0.292. The summed E-state index contributed by atoms with van der Waals surface area (Å²) in [7, 11) is 0. The van der Waals surface area contributed by atoms with E-state index in [4.69, 9.17) is 10.3 Å². The summed E-state index contributed by atoms with van der Waals surface area (Å²) in [5.74, 6) is -1.52. The van der Waals surface area contributed by atoms with Crippen LogP contribution in [0.1, 0.15) is 22.6 Å². The summed E-state index contributed by atoms with van der Waals surface area (Å²) in [4.78, 5) is 39.3. The van der Waals surface area contributed by atoms with Crippen molar-refractivity contribution in [1.82, 2.24) is 10.6 Å². The van der Waals surface area contributed by atoms with Gasteiger partial charge in [-0.2, -0.15) is 0 Å². The Morgan fingerprint density at radius 3 is 2.14 bits per heavy atom. The van der Waals surface area contributed by atoms with Crippen LogP contribution in [0.4, 0.5) is 4.79 Å². The van der Waals surface area contributed by atoms with E-state index in [-0.39, 0.29) is 18.9 Å². The Bertz CT molecular complexity index is 1240. The van der Waals surface area contributed by atoms with E-state index in [1.165, 1.54) is 0 Å². The first kappa shape index (κ1) is 23.5. The molecule has 0 aromatic heterocycles. The molecule has 9 heteroatoms. The molecule has 2 N–H and O–H groups in total. The zero-order valence-corrected chi connectivity index (χ0v) is 18.8. The van der Waals surface area contributed by atoms with Gasteiger partial charge in [0.2, 0.25) is 11.8 Å². The third-order valence-corrected chi connectivity index (χ3v) is 5.80. The molecule has 0 spiro atoms. The number of ether oxygens (including phenoxy) is 1. The van der Waals surface area contributed by atoms with Crippen molar-refractivity contribution in [3.8, 4) is 11.1 Å². The zero-order chi connectivity index (χ0) is 24.6. The Morgan fingerprint density at radius 2 is 1.51 bits per heavy atom. The van der Waals surface area contributed by atoms with Crippen molar-refractivity contribution in [2.24, 2.45) is 5.11 Å². The zero-order valence-electron chi connectivity index (χ0n) is 18.8. The van der Waals surface area contributed by atoms with Gasteiger partial charge in [0, 0.05) is 10.8 Å². The van der Waals surface area contributed by atoms with Gasteiger partial charge in [-0.3, -0.25) is 9.59 Å². The van der Waals surface area contributed by atoms with Crippen molar-refractivity contribution >= 4 is 17.9 Å². The molecule has 4 rings (SSSR count). The number of azide groups is 1. The van der Waals surface area contributed by atoms with E-state index in [1.807, 2.05) is 54.6 Å². The van der Waals surface area contributed by atoms with Crippen molar-refractivity contribution in [1.29, 1.82) is 0 Å². The summed E-state index contributed by atoms with van der Waals surface area (Å²) in [6.07, 6.45) is -0.599. The van der Waals surface area contributed by atoms with Gasteiger partial charge in [-0.1, -0.05) is 78.9 Å². The number of rotatable bonds is 8. The number of nitrogens with one attached hydrogen (secondary N) is 2. The fraction of sp³-hybridized carbons (Fsp3) is 0.192. The Morgan fingerprint density at radius 1 is 0.914 bits per heavy atom. The molecule has 1 aliphatic rings. The minimum atomic E-state index is -1.05. The second kappa shape index (κ2) is 11.0. The summed E-state index contributed by atoms with van der Waals surface area (Å²) in [6.45, 7) is -0.279. The largest absolute Gasteiger partial charge is 0.449 e. The lowest BCUT2D eigenvalue weighted by molar-refractivity contribution is -0.126. The normalized spacial score (nSPS) is 12.5. The van der Waals surface area contributed by atoms with Crippen LogP contribution in [-0.2, 0) is 20.7 Å². The number of benzene rings is 3. The molecule has 0 aliphatic heterocycles. The maximum absolute atomic E-state index is 12.4. The molecule has 1 atom stereocenters. The molecule has 3 amide bonds. The van der Waals surface area contributed by atoms with Gasteiger partial charge in [0.05, 0.1) is 6.04 Å². The number of nitrogens with zero attached hydrogens (tertiary/aromatic N) is 3. The molecule has 9 nitrogen and oxygen atoms in total. The summed E-state index contributed by atoms with van der Waals surface area (Å²) in [5, 5.41) is 8.01. The highest BCUT2D eigenvalue weighted by Gasteiger charge is 2.29. The summed E-state index contributed by atoms with van der Waals surface area (Å²) < 4.78 is 5.41. The van der Waals surface area contributed by atoms with Crippen LogP contribution in [0.2, 0.25) is 0 Å². The van der Waals surface area contributed by atoms with E-state index in [2.05, 4.69) is 20.7 Å².